The van der Waals surface area contributed by atoms with E-state index in [2.05, 4.69) is 48.2 Å². The Kier molecular flexibility index (Phi) is 5.94. The first-order valence-corrected chi connectivity index (χ1v) is 12.1. The highest BCUT2D eigenvalue weighted by Gasteiger charge is 2.55. The van der Waals surface area contributed by atoms with E-state index in [0.717, 1.165) is 64.1 Å². The van der Waals surface area contributed by atoms with E-state index in [1.54, 1.807) is 11.3 Å². The number of hydrogen-bond acceptors (Lipinski definition) is 6. The molecule has 1 spiro atoms. The van der Waals surface area contributed by atoms with Crippen LogP contribution in [0.1, 0.15) is 64.1 Å². The molecule has 0 radical (unpaired) electrons. The van der Waals surface area contributed by atoms with Gasteiger partial charge < -0.3 is 5.32 Å². The van der Waals surface area contributed by atoms with Crippen molar-refractivity contribution in [1.29, 1.82) is 0 Å². The number of carbonyl (C=O) groups excluding carboxylic acids is 2. The van der Waals surface area contributed by atoms with Crippen molar-refractivity contribution in [3.63, 3.8) is 0 Å². The fourth-order valence-electron chi connectivity index (χ4n) is 4.87. The third-order valence-corrected chi connectivity index (χ3v) is 8.20. The smallest absolute Gasteiger partial charge is 0.323 e. The van der Waals surface area contributed by atoms with E-state index in [0.29, 0.717) is 6.67 Å². The number of carbonyl (C=O) groups is 2. The number of nitrogens with zero attached hydrogens (tertiary/aromatic N) is 4. The molecule has 3 aliphatic rings. The Morgan fingerprint density at radius 2 is 1.87 bits per heavy atom. The summed E-state index contributed by atoms with van der Waals surface area (Å²) in [6.45, 7) is 13.5. The van der Waals surface area contributed by atoms with Crippen LogP contribution in [0.4, 0.5) is 4.79 Å². The minimum atomic E-state index is -0.660. The van der Waals surface area contributed by atoms with E-state index in [-0.39, 0.29) is 23.3 Å². The second-order valence-electron chi connectivity index (χ2n) is 10.2. The summed E-state index contributed by atoms with van der Waals surface area (Å²) in [6, 6.07) is -0.214. The molecule has 0 bridgehead atoms. The quantitative estimate of drug-likeness (QED) is 0.740. The van der Waals surface area contributed by atoms with Crippen molar-refractivity contribution in [2.75, 3.05) is 32.8 Å². The van der Waals surface area contributed by atoms with Gasteiger partial charge in [0.25, 0.3) is 5.91 Å². The number of aromatic nitrogens is 1. The summed E-state index contributed by atoms with van der Waals surface area (Å²) >= 11 is 1.74. The van der Waals surface area contributed by atoms with Crippen LogP contribution in [0.3, 0.4) is 0 Å². The van der Waals surface area contributed by atoms with Gasteiger partial charge in [-0.2, -0.15) is 0 Å². The lowest BCUT2D eigenvalue weighted by molar-refractivity contribution is -0.136. The molecular weight excluding hydrogens is 398 g/mol. The SMILES string of the molecule is CC1CCCCC12NC(=O)N(CN1CCN(Cc3csc(C(C)(C)C)n3)CC1)C2=O. The lowest BCUT2D eigenvalue weighted by Crippen LogP contribution is -2.55. The predicted molar refractivity (Wildman–Crippen MR) is 118 cm³/mol. The van der Waals surface area contributed by atoms with E-state index in [1.165, 1.54) is 9.91 Å². The van der Waals surface area contributed by atoms with Crippen LogP contribution in [0, 0.1) is 5.92 Å². The minimum absolute atomic E-state index is 0.0145. The number of piperazine rings is 1. The second-order valence-corrected chi connectivity index (χ2v) is 11.1. The van der Waals surface area contributed by atoms with Crippen molar-refractivity contribution < 1.29 is 9.59 Å². The molecule has 2 aliphatic heterocycles. The molecule has 8 heteroatoms. The van der Waals surface area contributed by atoms with Gasteiger partial charge in [0.1, 0.15) is 5.54 Å². The van der Waals surface area contributed by atoms with E-state index in [4.69, 9.17) is 4.98 Å². The van der Waals surface area contributed by atoms with Crippen LogP contribution in [0.25, 0.3) is 0 Å². The summed E-state index contributed by atoms with van der Waals surface area (Å²) in [5, 5.41) is 6.41. The third-order valence-electron chi connectivity index (χ3n) is 6.89. The Labute approximate surface area is 183 Å². The summed E-state index contributed by atoms with van der Waals surface area (Å²) < 4.78 is 0. The molecule has 7 nitrogen and oxygen atoms in total. The Balaban J connectivity index is 1.30. The fourth-order valence-corrected chi connectivity index (χ4v) is 5.76. The molecule has 0 aromatic carbocycles. The maximum Gasteiger partial charge on any atom is 0.326 e. The van der Waals surface area contributed by atoms with Gasteiger partial charge in [0.05, 0.1) is 17.4 Å². The van der Waals surface area contributed by atoms with Crippen LogP contribution < -0.4 is 5.32 Å². The normalized spacial score (nSPS) is 29.1. The molecule has 166 valence electrons. The van der Waals surface area contributed by atoms with Crippen molar-refractivity contribution in [3.05, 3.63) is 16.1 Å². The van der Waals surface area contributed by atoms with Crippen LogP contribution in [0.5, 0.6) is 0 Å². The molecule has 2 atom stereocenters. The maximum atomic E-state index is 13.2. The van der Waals surface area contributed by atoms with Crippen LogP contribution >= 0.6 is 11.3 Å². The topological polar surface area (TPSA) is 68.8 Å². The van der Waals surface area contributed by atoms with Gasteiger partial charge in [-0.25, -0.2) is 14.7 Å². The summed E-state index contributed by atoms with van der Waals surface area (Å²) in [5.41, 5.74) is 0.574. The zero-order chi connectivity index (χ0) is 21.5. The Hall–Kier alpha value is -1.51. The van der Waals surface area contributed by atoms with Gasteiger partial charge in [-0.1, -0.05) is 40.5 Å². The van der Waals surface area contributed by atoms with E-state index in [9.17, 15) is 9.59 Å². The van der Waals surface area contributed by atoms with Crippen molar-refractivity contribution in [2.45, 2.75) is 70.9 Å². The second kappa shape index (κ2) is 8.20. The van der Waals surface area contributed by atoms with Crippen molar-refractivity contribution in [3.8, 4) is 0 Å². The van der Waals surface area contributed by atoms with E-state index < -0.39 is 5.54 Å². The monoisotopic (exact) mass is 433 g/mol. The van der Waals surface area contributed by atoms with Gasteiger partial charge in [-0.3, -0.25) is 14.6 Å². The molecule has 2 unspecified atom stereocenters. The number of hydrogen-bond donors (Lipinski definition) is 1. The lowest BCUT2D eigenvalue weighted by Gasteiger charge is -2.38. The van der Waals surface area contributed by atoms with Crippen LogP contribution in [0.2, 0.25) is 0 Å². The zero-order valence-corrected chi connectivity index (χ0v) is 19.6. The van der Waals surface area contributed by atoms with Crippen molar-refractivity contribution in [1.82, 2.24) is 25.0 Å². The van der Waals surface area contributed by atoms with Gasteiger partial charge in [-0.15, -0.1) is 11.3 Å². The summed E-state index contributed by atoms with van der Waals surface area (Å²) in [5.74, 6) is 0.194. The van der Waals surface area contributed by atoms with Gasteiger partial charge in [0.2, 0.25) is 0 Å². The number of imide groups is 1. The number of amides is 3. The van der Waals surface area contributed by atoms with Crippen molar-refractivity contribution >= 4 is 23.3 Å². The summed E-state index contributed by atoms with van der Waals surface area (Å²) in [7, 11) is 0. The Morgan fingerprint density at radius 1 is 1.17 bits per heavy atom. The molecule has 4 rings (SSSR count). The number of nitrogens with one attached hydrogen (secondary N) is 1. The standard InChI is InChI=1S/C22H35N5O2S/c1-16-7-5-6-8-22(16)19(28)27(20(29)24-22)15-26-11-9-25(10-12-26)13-17-14-30-18(23-17)21(2,3)4/h14,16H,5-13,15H2,1-4H3,(H,24,29). The van der Waals surface area contributed by atoms with Crippen molar-refractivity contribution in [2.24, 2.45) is 5.92 Å². The molecule has 3 fully saturated rings. The number of thiazole rings is 1. The molecular formula is C22H35N5O2S. The number of rotatable bonds is 4. The average Bonchev–Trinajstić information content (AvgIpc) is 3.25. The molecule has 1 aliphatic carbocycles. The fraction of sp³-hybridized carbons (Fsp3) is 0.773. The largest absolute Gasteiger partial charge is 0.326 e. The molecule has 1 aromatic heterocycles. The molecule has 2 saturated heterocycles. The highest BCUT2D eigenvalue weighted by Crippen LogP contribution is 2.38. The minimum Gasteiger partial charge on any atom is -0.323 e. The number of urea groups is 1. The first-order chi connectivity index (χ1) is 14.2. The molecule has 1 N–H and O–H groups in total. The van der Waals surface area contributed by atoms with Gasteiger partial charge >= 0.3 is 6.03 Å². The lowest BCUT2D eigenvalue weighted by atomic mass is 9.73. The Bertz CT molecular complexity index is 796. The van der Waals surface area contributed by atoms with Crippen LogP contribution in [0.15, 0.2) is 5.38 Å². The van der Waals surface area contributed by atoms with Gasteiger partial charge in [-0.05, 0) is 18.8 Å². The molecule has 1 aromatic rings. The van der Waals surface area contributed by atoms with E-state index in [1.807, 2.05) is 0 Å². The average molecular weight is 434 g/mol. The predicted octanol–water partition coefficient (Wildman–Crippen LogP) is 3.02. The van der Waals surface area contributed by atoms with Crippen LogP contribution in [-0.4, -0.2) is 70.0 Å². The zero-order valence-electron chi connectivity index (χ0n) is 18.7. The molecule has 1 saturated carbocycles. The highest BCUT2D eigenvalue weighted by molar-refractivity contribution is 7.09. The van der Waals surface area contributed by atoms with Crippen LogP contribution in [-0.2, 0) is 16.8 Å². The highest BCUT2D eigenvalue weighted by atomic mass is 32.1. The third kappa shape index (κ3) is 4.14. The first kappa shape index (κ1) is 21.7. The molecule has 30 heavy (non-hydrogen) atoms. The Morgan fingerprint density at radius 3 is 2.50 bits per heavy atom. The molecule has 3 amide bonds. The van der Waals surface area contributed by atoms with Gasteiger partial charge in [0, 0.05) is 43.5 Å². The summed E-state index contributed by atoms with van der Waals surface area (Å²) in [4.78, 5) is 36.7. The molecule has 3 heterocycles. The maximum absolute atomic E-state index is 13.2. The summed E-state index contributed by atoms with van der Waals surface area (Å²) in [6.07, 6.45) is 3.93. The van der Waals surface area contributed by atoms with E-state index >= 15 is 0 Å². The van der Waals surface area contributed by atoms with Gasteiger partial charge in [0.15, 0.2) is 0 Å². The first-order valence-electron chi connectivity index (χ1n) is 11.2.